The molecule has 0 aromatic heterocycles. The number of ether oxygens (including phenoxy) is 2. The zero-order valence-electron chi connectivity index (χ0n) is 14.0. The smallest absolute Gasteiger partial charge is 0.337 e. The Hall–Kier alpha value is -3.12. The predicted molar refractivity (Wildman–Crippen MR) is 94.8 cm³/mol. The number of carboxylic acid groups (broad SMARTS) is 1. The summed E-state index contributed by atoms with van der Waals surface area (Å²) in [5, 5.41) is 11.7. The van der Waals surface area contributed by atoms with Gasteiger partial charge in [0.1, 0.15) is 5.75 Å². The quantitative estimate of drug-likeness (QED) is 0.756. The number of amides is 1. The fourth-order valence-electron chi connectivity index (χ4n) is 2.26. The summed E-state index contributed by atoms with van der Waals surface area (Å²) in [6, 6.07) is 11.7. The number of hydrogen-bond acceptors (Lipinski definition) is 4. The fourth-order valence-corrected chi connectivity index (χ4v) is 2.26. The largest absolute Gasteiger partial charge is 0.496 e. The van der Waals surface area contributed by atoms with Crippen molar-refractivity contribution >= 4 is 23.6 Å². The molecule has 0 aliphatic carbocycles. The van der Waals surface area contributed by atoms with E-state index in [0.29, 0.717) is 12.4 Å². The van der Waals surface area contributed by atoms with E-state index in [2.05, 4.69) is 5.32 Å². The summed E-state index contributed by atoms with van der Waals surface area (Å²) in [4.78, 5) is 23.2. The van der Waals surface area contributed by atoms with Gasteiger partial charge in [0.15, 0.2) is 0 Å². The number of methoxy groups -OCH3 is 2. The maximum atomic E-state index is 12.0. The Bertz CT molecular complexity index is 798. The van der Waals surface area contributed by atoms with Crippen molar-refractivity contribution in [2.75, 3.05) is 19.5 Å². The third kappa shape index (κ3) is 4.92. The number of rotatable bonds is 7. The van der Waals surface area contributed by atoms with Crippen LogP contribution in [0.5, 0.6) is 5.75 Å². The highest BCUT2D eigenvalue weighted by atomic mass is 16.5. The summed E-state index contributed by atoms with van der Waals surface area (Å²) < 4.78 is 10.4. The van der Waals surface area contributed by atoms with Crippen LogP contribution in [0.3, 0.4) is 0 Å². The first-order chi connectivity index (χ1) is 12.0. The normalized spacial score (nSPS) is 10.6. The van der Waals surface area contributed by atoms with Crippen molar-refractivity contribution < 1.29 is 24.2 Å². The van der Waals surface area contributed by atoms with Gasteiger partial charge in [-0.25, -0.2) is 4.79 Å². The number of anilines is 1. The molecule has 6 heteroatoms. The Morgan fingerprint density at radius 2 is 1.92 bits per heavy atom. The Morgan fingerprint density at radius 3 is 2.60 bits per heavy atom. The lowest BCUT2D eigenvalue weighted by Gasteiger charge is -2.08. The molecule has 130 valence electrons. The van der Waals surface area contributed by atoms with Gasteiger partial charge in [0, 0.05) is 18.7 Å². The molecule has 0 radical (unpaired) electrons. The maximum absolute atomic E-state index is 12.0. The number of para-hydroxylation sites is 1. The second-order valence-corrected chi connectivity index (χ2v) is 5.18. The topological polar surface area (TPSA) is 84.9 Å². The van der Waals surface area contributed by atoms with Gasteiger partial charge in [-0.2, -0.15) is 0 Å². The van der Waals surface area contributed by atoms with E-state index in [1.165, 1.54) is 18.2 Å². The lowest BCUT2D eigenvalue weighted by atomic mass is 10.1. The second kappa shape index (κ2) is 8.65. The molecule has 6 nitrogen and oxygen atoms in total. The molecule has 2 aromatic rings. The molecule has 0 atom stereocenters. The number of carboxylic acids is 1. The summed E-state index contributed by atoms with van der Waals surface area (Å²) in [5.41, 5.74) is 1.97. The molecule has 1 amide bonds. The summed E-state index contributed by atoms with van der Waals surface area (Å²) in [7, 11) is 3.17. The van der Waals surface area contributed by atoms with Crippen LogP contribution in [0.15, 0.2) is 48.5 Å². The van der Waals surface area contributed by atoms with Crippen LogP contribution < -0.4 is 10.1 Å². The van der Waals surface area contributed by atoms with Crippen LogP contribution >= 0.6 is 0 Å². The lowest BCUT2D eigenvalue weighted by molar-refractivity contribution is -0.111. The average Bonchev–Trinajstić information content (AvgIpc) is 2.61. The molecule has 2 rings (SSSR count). The average molecular weight is 341 g/mol. The third-order valence-electron chi connectivity index (χ3n) is 3.45. The number of carbonyl (C=O) groups is 2. The van der Waals surface area contributed by atoms with Gasteiger partial charge in [0.05, 0.1) is 25.0 Å². The van der Waals surface area contributed by atoms with E-state index in [1.807, 2.05) is 12.1 Å². The van der Waals surface area contributed by atoms with Crippen LogP contribution in [0.25, 0.3) is 6.08 Å². The minimum absolute atomic E-state index is 0.0369. The van der Waals surface area contributed by atoms with Gasteiger partial charge < -0.3 is 19.9 Å². The summed E-state index contributed by atoms with van der Waals surface area (Å²) in [6.45, 7) is 0.430. The van der Waals surface area contributed by atoms with Gasteiger partial charge in [0.2, 0.25) is 5.91 Å². The first-order valence-corrected chi connectivity index (χ1v) is 7.52. The molecule has 25 heavy (non-hydrogen) atoms. The standard InChI is InChI=1S/C19H19NO5/c1-24-12-14-9-7-13(11-17(14)25-2)8-10-18(21)20-16-6-4-3-5-15(16)19(22)23/h3-11H,12H2,1-2H3,(H,20,21)(H,22,23)/b10-8+. The maximum Gasteiger partial charge on any atom is 0.337 e. The fraction of sp³-hybridized carbons (Fsp3) is 0.158. The molecule has 2 N–H and O–H groups in total. The van der Waals surface area contributed by atoms with E-state index in [1.54, 1.807) is 38.5 Å². The molecule has 0 spiro atoms. The van der Waals surface area contributed by atoms with Crippen LogP contribution in [0, 0.1) is 0 Å². The molecule has 0 aliphatic rings. The lowest BCUT2D eigenvalue weighted by Crippen LogP contribution is -2.11. The Balaban J connectivity index is 2.12. The van der Waals surface area contributed by atoms with Gasteiger partial charge in [0.25, 0.3) is 0 Å². The molecular formula is C19H19NO5. The minimum atomic E-state index is -1.10. The number of nitrogens with one attached hydrogen (secondary N) is 1. The van der Waals surface area contributed by atoms with Crippen LogP contribution in [0.4, 0.5) is 5.69 Å². The molecule has 0 bridgehead atoms. The molecule has 0 aliphatic heterocycles. The van der Waals surface area contributed by atoms with Gasteiger partial charge in [-0.1, -0.05) is 24.3 Å². The van der Waals surface area contributed by atoms with Crippen LogP contribution in [-0.2, 0) is 16.1 Å². The van der Waals surface area contributed by atoms with Crippen molar-refractivity contribution in [2.45, 2.75) is 6.61 Å². The Labute approximate surface area is 145 Å². The second-order valence-electron chi connectivity index (χ2n) is 5.18. The van der Waals surface area contributed by atoms with Crippen LogP contribution in [0.2, 0.25) is 0 Å². The van der Waals surface area contributed by atoms with Gasteiger partial charge >= 0.3 is 5.97 Å². The number of benzene rings is 2. The van der Waals surface area contributed by atoms with E-state index < -0.39 is 11.9 Å². The van der Waals surface area contributed by atoms with E-state index in [9.17, 15) is 9.59 Å². The van der Waals surface area contributed by atoms with Gasteiger partial charge in [-0.15, -0.1) is 0 Å². The van der Waals surface area contributed by atoms with Crippen LogP contribution in [-0.4, -0.2) is 31.2 Å². The molecule has 0 fully saturated rings. The number of aromatic carboxylic acids is 1. The molecule has 0 saturated carbocycles. The van der Waals surface area contributed by atoms with Crippen molar-refractivity contribution in [1.29, 1.82) is 0 Å². The molecule has 2 aromatic carbocycles. The minimum Gasteiger partial charge on any atom is -0.496 e. The Morgan fingerprint density at radius 1 is 1.16 bits per heavy atom. The molecular weight excluding hydrogens is 322 g/mol. The predicted octanol–water partition coefficient (Wildman–Crippen LogP) is 3.19. The third-order valence-corrected chi connectivity index (χ3v) is 3.45. The van der Waals surface area contributed by atoms with Crippen molar-refractivity contribution in [3.05, 3.63) is 65.2 Å². The monoisotopic (exact) mass is 341 g/mol. The van der Waals surface area contributed by atoms with Crippen molar-refractivity contribution in [2.24, 2.45) is 0 Å². The first-order valence-electron chi connectivity index (χ1n) is 7.52. The molecule has 0 saturated heterocycles. The van der Waals surface area contributed by atoms with Gasteiger partial charge in [-0.05, 0) is 29.8 Å². The highest BCUT2D eigenvalue weighted by Gasteiger charge is 2.10. The van der Waals surface area contributed by atoms with Crippen LogP contribution in [0.1, 0.15) is 21.5 Å². The zero-order chi connectivity index (χ0) is 18.2. The highest BCUT2D eigenvalue weighted by Crippen LogP contribution is 2.22. The molecule has 0 unspecified atom stereocenters. The van der Waals surface area contributed by atoms with E-state index >= 15 is 0 Å². The zero-order valence-corrected chi connectivity index (χ0v) is 14.0. The Kier molecular flexibility index (Phi) is 6.31. The summed E-state index contributed by atoms with van der Waals surface area (Å²) >= 11 is 0. The van der Waals surface area contributed by atoms with E-state index in [0.717, 1.165) is 11.1 Å². The van der Waals surface area contributed by atoms with Crippen molar-refractivity contribution in [1.82, 2.24) is 0 Å². The van der Waals surface area contributed by atoms with Crippen molar-refractivity contribution in [3.8, 4) is 5.75 Å². The first kappa shape index (κ1) is 18.2. The number of hydrogen-bond donors (Lipinski definition) is 2. The molecule has 0 heterocycles. The summed E-state index contributed by atoms with van der Waals surface area (Å²) in [6.07, 6.45) is 2.96. The highest BCUT2D eigenvalue weighted by molar-refractivity contribution is 6.06. The number of carbonyl (C=O) groups excluding carboxylic acids is 1. The van der Waals surface area contributed by atoms with E-state index in [4.69, 9.17) is 14.6 Å². The van der Waals surface area contributed by atoms with Gasteiger partial charge in [-0.3, -0.25) is 4.79 Å². The van der Waals surface area contributed by atoms with Crippen molar-refractivity contribution in [3.63, 3.8) is 0 Å². The summed E-state index contributed by atoms with van der Waals surface area (Å²) in [5.74, 6) is -0.854. The van der Waals surface area contributed by atoms with E-state index in [-0.39, 0.29) is 11.3 Å². The SMILES string of the molecule is COCc1ccc(/C=C/C(=O)Nc2ccccc2C(=O)O)cc1OC.